The quantitative estimate of drug-likeness (QED) is 0.796. The van der Waals surface area contributed by atoms with Crippen LogP contribution in [0.1, 0.15) is 28.4 Å². The standard InChI is InChI=1S/C14H20N2O4S/c1-4-16(8-9(2)14(19)20)12(17)7-15-13(18)11-6-5-10(3)21-11/h5-6,9H,4,7-8H2,1-3H3,(H,15,18)(H,19,20). The second-order valence-corrected chi connectivity index (χ2v) is 6.05. The zero-order chi connectivity index (χ0) is 16.0. The van der Waals surface area contributed by atoms with Crippen LogP contribution in [0.25, 0.3) is 0 Å². The molecule has 1 heterocycles. The molecular weight excluding hydrogens is 292 g/mol. The van der Waals surface area contributed by atoms with E-state index in [4.69, 9.17) is 5.11 Å². The first-order valence-corrected chi connectivity index (χ1v) is 7.52. The van der Waals surface area contributed by atoms with Crippen molar-refractivity contribution in [3.63, 3.8) is 0 Å². The van der Waals surface area contributed by atoms with Crippen LogP contribution in [0.15, 0.2) is 12.1 Å². The van der Waals surface area contributed by atoms with E-state index >= 15 is 0 Å². The zero-order valence-corrected chi connectivity index (χ0v) is 13.2. The van der Waals surface area contributed by atoms with Gasteiger partial charge in [-0.25, -0.2) is 0 Å². The minimum atomic E-state index is -0.945. The lowest BCUT2D eigenvalue weighted by Gasteiger charge is -2.23. The Labute approximate surface area is 127 Å². The van der Waals surface area contributed by atoms with Crippen LogP contribution in [0.3, 0.4) is 0 Å². The van der Waals surface area contributed by atoms with Gasteiger partial charge in [-0.1, -0.05) is 6.92 Å². The highest BCUT2D eigenvalue weighted by Crippen LogP contribution is 2.14. The molecule has 0 saturated heterocycles. The maximum absolute atomic E-state index is 12.0. The first-order valence-electron chi connectivity index (χ1n) is 6.70. The Hall–Kier alpha value is -1.89. The molecule has 0 fully saturated rings. The predicted octanol–water partition coefficient (Wildman–Crippen LogP) is 1.36. The highest BCUT2D eigenvalue weighted by Gasteiger charge is 2.20. The number of aryl methyl sites for hydroxylation is 1. The maximum atomic E-state index is 12.0. The highest BCUT2D eigenvalue weighted by molar-refractivity contribution is 7.13. The third kappa shape index (κ3) is 5.18. The molecule has 1 aromatic rings. The number of aliphatic carboxylic acids is 1. The Kier molecular flexibility index (Phi) is 6.36. The van der Waals surface area contributed by atoms with Gasteiger partial charge in [0.25, 0.3) is 5.91 Å². The van der Waals surface area contributed by atoms with Crippen LogP contribution in [0.5, 0.6) is 0 Å². The summed E-state index contributed by atoms with van der Waals surface area (Å²) in [5, 5.41) is 11.4. The normalized spacial score (nSPS) is 11.8. The first kappa shape index (κ1) is 17.2. The fourth-order valence-electron chi connectivity index (χ4n) is 1.73. The summed E-state index contributed by atoms with van der Waals surface area (Å²) in [6, 6.07) is 3.55. The average Bonchev–Trinajstić information content (AvgIpc) is 2.87. The topological polar surface area (TPSA) is 86.7 Å². The molecule has 2 amide bonds. The number of rotatable bonds is 7. The summed E-state index contributed by atoms with van der Waals surface area (Å²) < 4.78 is 0. The third-order valence-electron chi connectivity index (χ3n) is 3.01. The molecule has 21 heavy (non-hydrogen) atoms. The van der Waals surface area contributed by atoms with Crippen LogP contribution >= 0.6 is 11.3 Å². The van der Waals surface area contributed by atoms with Gasteiger partial charge in [0.15, 0.2) is 0 Å². The molecule has 1 rings (SSSR count). The zero-order valence-electron chi connectivity index (χ0n) is 12.4. The molecule has 1 atom stereocenters. The van der Waals surface area contributed by atoms with E-state index in [-0.39, 0.29) is 24.9 Å². The van der Waals surface area contributed by atoms with Gasteiger partial charge in [-0.2, -0.15) is 0 Å². The summed E-state index contributed by atoms with van der Waals surface area (Å²) in [7, 11) is 0. The SMILES string of the molecule is CCN(CC(C)C(=O)O)C(=O)CNC(=O)c1ccc(C)s1. The van der Waals surface area contributed by atoms with Crippen molar-refractivity contribution in [1.29, 1.82) is 0 Å². The Morgan fingerprint density at radius 3 is 2.52 bits per heavy atom. The molecule has 1 unspecified atom stereocenters. The molecular formula is C14H20N2O4S. The number of carboxylic acid groups (broad SMARTS) is 1. The molecule has 0 aliphatic carbocycles. The van der Waals surface area contributed by atoms with Gasteiger partial charge in [0.05, 0.1) is 17.3 Å². The fraction of sp³-hybridized carbons (Fsp3) is 0.500. The Balaban J connectivity index is 2.51. The molecule has 0 aliphatic rings. The van der Waals surface area contributed by atoms with Crippen LogP contribution in [-0.4, -0.2) is 47.4 Å². The average molecular weight is 312 g/mol. The number of hydrogen-bond acceptors (Lipinski definition) is 4. The van der Waals surface area contributed by atoms with Crippen molar-refractivity contribution in [3.05, 3.63) is 21.9 Å². The molecule has 0 bridgehead atoms. The Morgan fingerprint density at radius 1 is 1.38 bits per heavy atom. The van der Waals surface area contributed by atoms with Crippen LogP contribution in [0, 0.1) is 12.8 Å². The van der Waals surface area contributed by atoms with E-state index in [1.807, 2.05) is 13.0 Å². The number of carboxylic acids is 1. The van der Waals surface area contributed by atoms with E-state index < -0.39 is 11.9 Å². The molecule has 0 spiro atoms. The van der Waals surface area contributed by atoms with E-state index in [1.165, 1.54) is 16.2 Å². The minimum Gasteiger partial charge on any atom is -0.481 e. The van der Waals surface area contributed by atoms with Crippen molar-refractivity contribution in [3.8, 4) is 0 Å². The first-order chi connectivity index (χ1) is 9.85. The van der Waals surface area contributed by atoms with Gasteiger partial charge in [0, 0.05) is 18.0 Å². The fourth-order valence-corrected chi connectivity index (χ4v) is 2.51. The lowest BCUT2D eigenvalue weighted by atomic mass is 10.1. The van der Waals surface area contributed by atoms with Gasteiger partial charge in [-0.15, -0.1) is 11.3 Å². The lowest BCUT2D eigenvalue weighted by molar-refractivity contribution is -0.142. The molecule has 0 radical (unpaired) electrons. The second kappa shape index (κ2) is 7.78. The molecule has 7 heteroatoms. The molecule has 0 saturated carbocycles. The number of nitrogens with one attached hydrogen (secondary N) is 1. The lowest BCUT2D eigenvalue weighted by Crippen LogP contribution is -2.42. The third-order valence-corrected chi connectivity index (χ3v) is 4.01. The van der Waals surface area contributed by atoms with Gasteiger partial charge in [-0.3, -0.25) is 14.4 Å². The summed E-state index contributed by atoms with van der Waals surface area (Å²) in [6.07, 6.45) is 0. The summed E-state index contributed by atoms with van der Waals surface area (Å²) in [5.41, 5.74) is 0. The van der Waals surface area contributed by atoms with Crippen LogP contribution in [0.4, 0.5) is 0 Å². The number of amides is 2. The van der Waals surface area contributed by atoms with Gasteiger partial charge < -0.3 is 15.3 Å². The van der Waals surface area contributed by atoms with Crippen molar-refractivity contribution in [1.82, 2.24) is 10.2 Å². The summed E-state index contributed by atoms with van der Waals surface area (Å²) in [6.45, 7) is 5.64. The van der Waals surface area contributed by atoms with Crippen LogP contribution in [0.2, 0.25) is 0 Å². The minimum absolute atomic E-state index is 0.129. The van der Waals surface area contributed by atoms with Crippen LogP contribution < -0.4 is 5.32 Å². The molecule has 116 valence electrons. The highest BCUT2D eigenvalue weighted by atomic mass is 32.1. The van der Waals surface area contributed by atoms with E-state index in [0.717, 1.165) is 4.88 Å². The largest absolute Gasteiger partial charge is 0.481 e. The van der Waals surface area contributed by atoms with Crippen molar-refractivity contribution in [2.45, 2.75) is 20.8 Å². The smallest absolute Gasteiger partial charge is 0.308 e. The number of carbonyl (C=O) groups is 3. The number of thiophene rings is 1. The Bertz CT molecular complexity index is 527. The van der Waals surface area contributed by atoms with E-state index in [9.17, 15) is 14.4 Å². The molecule has 2 N–H and O–H groups in total. The summed E-state index contributed by atoms with van der Waals surface area (Å²) in [4.78, 5) is 37.7. The van der Waals surface area contributed by atoms with Gasteiger partial charge in [-0.05, 0) is 26.0 Å². The van der Waals surface area contributed by atoms with Gasteiger partial charge >= 0.3 is 5.97 Å². The van der Waals surface area contributed by atoms with Gasteiger partial charge in [0.1, 0.15) is 0 Å². The van der Waals surface area contributed by atoms with Crippen molar-refractivity contribution in [2.75, 3.05) is 19.6 Å². The van der Waals surface area contributed by atoms with Crippen molar-refractivity contribution < 1.29 is 19.5 Å². The molecule has 1 aromatic heterocycles. The number of hydrogen-bond donors (Lipinski definition) is 2. The predicted molar refractivity (Wildman–Crippen MR) is 80.4 cm³/mol. The number of nitrogens with zero attached hydrogens (tertiary/aromatic N) is 1. The van der Waals surface area contributed by atoms with E-state index in [0.29, 0.717) is 11.4 Å². The maximum Gasteiger partial charge on any atom is 0.308 e. The number of likely N-dealkylation sites (N-methyl/N-ethyl adjacent to an activating group) is 1. The second-order valence-electron chi connectivity index (χ2n) is 4.76. The summed E-state index contributed by atoms with van der Waals surface area (Å²) >= 11 is 1.36. The Morgan fingerprint density at radius 2 is 2.05 bits per heavy atom. The van der Waals surface area contributed by atoms with Crippen LogP contribution in [-0.2, 0) is 9.59 Å². The van der Waals surface area contributed by atoms with E-state index in [2.05, 4.69) is 5.32 Å². The van der Waals surface area contributed by atoms with Crippen molar-refractivity contribution >= 4 is 29.1 Å². The molecule has 0 aliphatic heterocycles. The molecule has 0 aromatic carbocycles. The van der Waals surface area contributed by atoms with Gasteiger partial charge in [0.2, 0.25) is 5.91 Å². The van der Waals surface area contributed by atoms with E-state index in [1.54, 1.807) is 19.9 Å². The molecule has 6 nitrogen and oxygen atoms in total. The monoisotopic (exact) mass is 312 g/mol. The number of carbonyl (C=O) groups excluding carboxylic acids is 2. The summed E-state index contributed by atoms with van der Waals surface area (Å²) in [5.74, 6) is -2.15. The van der Waals surface area contributed by atoms with Crippen molar-refractivity contribution in [2.24, 2.45) is 5.92 Å².